The van der Waals surface area contributed by atoms with Crippen LogP contribution in [0, 0.1) is 0 Å². The van der Waals surface area contributed by atoms with Gasteiger partial charge in [-0.05, 0) is 12.5 Å². The van der Waals surface area contributed by atoms with Crippen LogP contribution in [0.2, 0.25) is 0 Å². The maximum absolute atomic E-state index is 4.94. The van der Waals surface area contributed by atoms with Gasteiger partial charge in [0.15, 0.2) is 0 Å². The lowest BCUT2D eigenvalue weighted by Crippen LogP contribution is -1.95. The minimum absolute atomic E-state index is 0.123. The second-order valence-electron chi connectivity index (χ2n) is 2.17. The minimum atomic E-state index is 0.123. The van der Waals surface area contributed by atoms with Crippen molar-refractivity contribution in [1.82, 2.24) is 0 Å². The van der Waals surface area contributed by atoms with E-state index in [4.69, 9.17) is 4.43 Å². The van der Waals surface area contributed by atoms with Crippen LogP contribution in [0.25, 0.3) is 0 Å². The van der Waals surface area contributed by atoms with E-state index in [1.165, 1.54) is 5.56 Å². The molecule has 0 aromatic heterocycles. The van der Waals surface area contributed by atoms with E-state index in [1.54, 1.807) is 0 Å². The summed E-state index contributed by atoms with van der Waals surface area (Å²) in [5.74, 6) is 0. The summed E-state index contributed by atoms with van der Waals surface area (Å²) in [5, 5.41) is 0. The fraction of sp³-hybridized carbons (Fsp3) is 0.250. The maximum Gasteiger partial charge on any atom is 0.247 e. The molecule has 0 bridgehead atoms. The molecule has 51 valence electrons. The van der Waals surface area contributed by atoms with Crippen molar-refractivity contribution in [2.24, 2.45) is 0 Å². The molecule has 0 fully saturated rings. The molecule has 0 amide bonds. The molecule has 0 heterocycles. The molecule has 1 unspecified atom stereocenters. The highest BCUT2D eigenvalue weighted by molar-refractivity contribution is 5.98. The zero-order chi connectivity index (χ0) is 7.40. The highest BCUT2D eigenvalue weighted by Crippen LogP contribution is 2.13. The quantitative estimate of drug-likeness (QED) is 0.583. The first kappa shape index (κ1) is 7.50. The second-order valence-corrected chi connectivity index (χ2v) is 2.41. The zero-order valence-corrected chi connectivity index (χ0v) is 6.87. The summed E-state index contributed by atoms with van der Waals surface area (Å²) in [4.78, 5) is 0. The number of hydrogen-bond donors (Lipinski definition) is 0. The monoisotopic (exact) mass is 149 g/mol. The molecular formula is C8H9OSi. The Balaban J connectivity index is 2.75. The van der Waals surface area contributed by atoms with Gasteiger partial charge in [0.2, 0.25) is 10.5 Å². The Bertz CT molecular complexity index is 186. The molecule has 1 rings (SSSR count). The lowest BCUT2D eigenvalue weighted by molar-refractivity contribution is 0.251. The van der Waals surface area contributed by atoms with Crippen LogP contribution in [-0.4, -0.2) is 10.5 Å². The fourth-order valence-corrected chi connectivity index (χ4v) is 0.928. The number of hydrogen-bond acceptors (Lipinski definition) is 1. The molecule has 0 saturated heterocycles. The molecule has 1 nitrogen and oxygen atoms in total. The first-order valence-electron chi connectivity index (χ1n) is 3.22. The average Bonchev–Trinajstić information content (AvgIpc) is 2.05. The summed E-state index contributed by atoms with van der Waals surface area (Å²) in [6, 6.07) is 10.0. The smallest absolute Gasteiger partial charge is 0.247 e. The minimum Gasteiger partial charge on any atom is -0.412 e. The van der Waals surface area contributed by atoms with Gasteiger partial charge in [-0.3, -0.25) is 0 Å². The molecule has 0 N–H and O–H groups in total. The third-order valence-corrected chi connectivity index (χ3v) is 1.80. The molecule has 10 heavy (non-hydrogen) atoms. The van der Waals surface area contributed by atoms with Crippen molar-refractivity contribution in [3.05, 3.63) is 35.9 Å². The number of benzene rings is 1. The van der Waals surface area contributed by atoms with Gasteiger partial charge in [0.1, 0.15) is 0 Å². The Morgan fingerprint density at radius 3 is 2.40 bits per heavy atom. The lowest BCUT2D eigenvalue weighted by Gasteiger charge is -2.08. The van der Waals surface area contributed by atoms with Crippen LogP contribution in [0.4, 0.5) is 0 Å². The highest BCUT2D eigenvalue weighted by atomic mass is 28.2. The van der Waals surface area contributed by atoms with Gasteiger partial charge >= 0.3 is 0 Å². The molecule has 0 spiro atoms. The van der Waals surface area contributed by atoms with E-state index in [2.05, 4.69) is 10.5 Å². The van der Waals surface area contributed by atoms with Crippen molar-refractivity contribution < 1.29 is 4.43 Å². The van der Waals surface area contributed by atoms with E-state index in [9.17, 15) is 0 Å². The number of rotatable bonds is 2. The molecule has 0 aliphatic carbocycles. The molecular weight excluding hydrogens is 140 g/mol. The first-order valence-corrected chi connectivity index (χ1v) is 3.62. The molecule has 3 radical (unpaired) electrons. The SMILES string of the molecule is CC(O[Si])c1ccccc1. The standard InChI is InChI=1S/C8H9OSi/c1-7(9-10)8-5-3-2-4-6-8/h2-7H,1H3. The predicted molar refractivity (Wildman–Crippen MR) is 41.7 cm³/mol. The Morgan fingerprint density at radius 2 is 1.90 bits per heavy atom. The Labute approximate surface area is 64.6 Å². The van der Waals surface area contributed by atoms with Gasteiger partial charge in [-0.25, -0.2) is 0 Å². The summed E-state index contributed by atoms with van der Waals surface area (Å²) in [6.45, 7) is 1.99. The highest BCUT2D eigenvalue weighted by Gasteiger charge is 1.99. The van der Waals surface area contributed by atoms with Crippen LogP contribution in [0.1, 0.15) is 18.6 Å². The topological polar surface area (TPSA) is 9.23 Å². The summed E-state index contributed by atoms with van der Waals surface area (Å²) in [7, 11) is 3.00. The van der Waals surface area contributed by atoms with Crippen LogP contribution in [-0.2, 0) is 4.43 Å². The molecule has 0 aliphatic heterocycles. The van der Waals surface area contributed by atoms with Crippen LogP contribution in [0.3, 0.4) is 0 Å². The second kappa shape index (κ2) is 3.54. The van der Waals surface area contributed by atoms with E-state index in [0.717, 1.165) is 0 Å². The fourth-order valence-electron chi connectivity index (χ4n) is 0.792. The Kier molecular flexibility index (Phi) is 2.65. The van der Waals surface area contributed by atoms with Crippen molar-refractivity contribution in [2.45, 2.75) is 13.0 Å². The average molecular weight is 149 g/mol. The zero-order valence-electron chi connectivity index (χ0n) is 5.87. The molecule has 1 aromatic carbocycles. The third kappa shape index (κ3) is 1.69. The van der Waals surface area contributed by atoms with Crippen LogP contribution in [0.15, 0.2) is 30.3 Å². The van der Waals surface area contributed by atoms with Crippen LogP contribution < -0.4 is 0 Å². The third-order valence-electron chi connectivity index (χ3n) is 1.45. The molecule has 0 aliphatic rings. The van der Waals surface area contributed by atoms with Gasteiger partial charge in [-0.15, -0.1) is 0 Å². The van der Waals surface area contributed by atoms with Gasteiger partial charge in [0, 0.05) is 0 Å². The van der Waals surface area contributed by atoms with Crippen molar-refractivity contribution >= 4 is 10.5 Å². The normalized spacial score (nSPS) is 13.0. The van der Waals surface area contributed by atoms with Gasteiger partial charge in [-0.2, -0.15) is 0 Å². The molecule has 1 atom stereocenters. The van der Waals surface area contributed by atoms with E-state index in [-0.39, 0.29) is 6.10 Å². The van der Waals surface area contributed by atoms with E-state index < -0.39 is 0 Å². The van der Waals surface area contributed by atoms with Gasteiger partial charge in [0.25, 0.3) is 0 Å². The van der Waals surface area contributed by atoms with Gasteiger partial charge < -0.3 is 4.43 Å². The summed E-state index contributed by atoms with van der Waals surface area (Å²) in [6.07, 6.45) is 0.123. The molecule has 1 aromatic rings. The summed E-state index contributed by atoms with van der Waals surface area (Å²) >= 11 is 0. The van der Waals surface area contributed by atoms with Crippen molar-refractivity contribution in [3.63, 3.8) is 0 Å². The Hall–Kier alpha value is -0.603. The van der Waals surface area contributed by atoms with Crippen LogP contribution >= 0.6 is 0 Å². The van der Waals surface area contributed by atoms with Crippen LogP contribution in [0.5, 0.6) is 0 Å². The largest absolute Gasteiger partial charge is 0.412 e. The van der Waals surface area contributed by atoms with Gasteiger partial charge in [0.05, 0.1) is 6.10 Å². The Morgan fingerprint density at radius 1 is 1.30 bits per heavy atom. The summed E-state index contributed by atoms with van der Waals surface area (Å²) in [5.41, 5.74) is 1.18. The van der Waals surface area contributed by atoms with Gasteiger partial charge in [-0.1, -0.05) is 30.3 Å². The molecule has 2 heteroatoms. The maximum atomic E-state index is 4.94. The summed E-state index contributed by atoms with van der Waals surface area (Å²) < 4.78 is 4.94. The molecule has 0 saturated carbocycles. The van der Waals surface area contributed by atoms with Crippen molar-refractivity contribution in [3.8, 4) is 0 Å². The van der Waals surface area contributed by atoms with E-state index >= 15 is 0 Å². The predicted octanol–water partition coefficient (Wildman–Crippen LogP) is 1.85. The van der Waals surface area contributed by atoms with Crippen molar-refractivity contribution in [2.75, 3.05) is 0 Å². The van der Waals surface area contributed by atoms with E-state index in [1.807, 2.05) is 37.3 Å². The lowest BCUT2D eigenvalue weighted by atomic mass is 10.1. The first-order chi connectivity index (χ1) is 4.84. The van der Waals surface area contributed by atoms with E-state index in [0.29, 0.717) is 0 Å². The van der Waals surface area contributed by atoms with Crippen molar-refractivity contribution in [1.29, 1.82) is 0 Å².